The Morgan fingerprint density at radius 2 is 2.38 bits per heavy atom. The monoisotopic (exact) mass is 222 g/mol. The highest BCUT2D eigenvalue weighted by molar-refractivity contribution is 5.71. The quantitative estimate of drug-likeness (QED) is 0.587. The van der Waals surface area contributed by atoms with Crippen LogP contribution >= 0.6 is 0 Å². The smallest absolute Gasteiger partial charge is 0.339 e. The molecule has 1 aromatic rings. The summed E-state index contributed by atoms with van der Waals surface area (Å²) in [7, 11) is 1.58. The Morgan fingerprint density at radius 3 is 3.00 bits per heavy atom. The van der Waals surface area contributed by atoms with Crippen molar-refractivity contribution in [3.05, 3.63) is 29.3 Å². The number of amides is 2. The van der Waals surface area contributed by atoms with Crippen LogP contribution in [0.2, 0.25) is 0 Å². The van der Waals surface area contributed by atoms with Crippen LogP contribution in [0.5, 0.6) is 5.75 Å². The third kappa shape index (κ3) is 1.69. The van der Waals surface area contributed by atoms with E-state index in [1.54, 1.807) is 7.11 Å². The van der Waals surface area contributed by atoms with E-state index >= 15 is 0 Å². The van der Waals surface area contributed by atoms with E-state index in [2.05, 4.69) is 0 Å². The zero-order valence-electron chi connectivity index (χ0n) is 9.01. The van der Waals surface area contributed by atoms with Gasteiger partial charge in [-0.05, 0) is 36.1 Å². The van der Waals surface area contributed by atoms with E-state index in [-0.39, 0.29) is 6.04 Å². The normalized spacial score (nSPS) is 18.0. The molecular weight excluding hydrogens is 208 g/mol. The summed E-state index contributed by atoms with van der Waals surface area (Å²) in [6.07, 6.45) is 1.51. The highest BCUT2D eigenvalue weighted by atomic mass is 16.5. The average molecular weight is 222 g/mol. The fourth-order valence-corrected chi connectivity index (χ4v) is 2.09. The standard InChI is InChI=1S/C11H14N2O3/c1-16-8-4-2-7-3-5-10(9(7)6-8)13(15)11(12)14/h2,4,6,10,15H,3,5H2,1H3,(H2,12,14). The van der Waals surface area contributed by atoms with Gasteiger partial charge in [0.2, 0.25) is 0 Å². The van der Waals surface area contributed by atoms with Crippen LogP contribution in [0.15, 0.2) is 18.2 Å². The van der Waals surface area contributed by atoms with E-state index in [1.165, 1.54) is 0 Å². The number of methoxy groups -OCH3 is 1. The number of primary amides is 1. The van der Waals surface area contributed by atoms with Crippen molar-refractivity contribution in [3.8, 4) is 5.75 Å². The Bertz CT molecular complexity index is 420. The van der Waals surface area contributed by atoms with Crippen molar-refractivity contribution in [1.29, 1.82) is 0 Å². The summed E-state index contributed by atoms with van der Waals surface area (Å²) in [6, 6.07) is 4.46. The van der Waals surface area contributed by atoms with Crippen LogP contribution in [0, 0.1) is 0 Å². The summed E-state index contributed by atoms with van der Waals surface area (Å²) in [5.41, 5.74) is 7.07. The van der Waals surface area contributed by atoms with Crippen LogP contribution in [0.4, 0.5) is 4.79 Å². The van der Waals surface area contributed by atoms with E-state index in [4.69, 9.17) is 10.5 Å². The van der Waals surface area contributed by atoms with Crippen molar-refractivity contribution in [2.24, 2.45) is 5.73 Å². The number of urea groups is 1. The number of nitrogens with zero attached hydrogens (tertiary/aromatic N) is 1. The molecule has 1 atom stereocenters. The van der Waals surface area contributed by atoms with Crippen LogP contribution in [-0.2, 0) is 6.42 Å². The van der Waals surface area contributed by atoms with Gasteiger partial charge in [-0.2, -0.15) is 5.06 Å². The highest BCUT2D eigenvalue weighted by Gasteiger charge is 2.29. The maximum Gasteiger partial charge on any atom is 0.339 e. The molecular formula is C11H14N2O3. The third-order valence-electron chi connectivity index (χ3n) is 2.92. The van der Waals surface area contributed by atoms with Crippen molar-refractivity contribution in [2.75, 3.05) is 7.11 Å². The number of carbonyl (C=O) groups excluding carboxylic acids is 1. The van der Waals surface area contributed by atoms with Gasteiger partial charge in [0.15, 0.2) is 0 Å². The first kappa shape index (κ1) is 10.8. The van der Waals surface area contributed by atoms with E-state index in [9.17, 15) is 10.0 Å². The first-order valence-electron chi connectivity index (χ1n) is 5.08. The summed E-state index contributed by atoms with van der Waals surface area (Å²) in [5, 5.41) is 10.1. The molecule has 0 spiro atoms. The molecule has 86 valence electrons. The first-order valence-corrected chi connectivity index (χ1v) is 5.08. The molecule has 5 heteroatoms. The molecule has 1 aromatic carbocycles. The minimum Gasteiger partial charge on any atom is -0.497 e. The lowest BCUT2D eigenvalue weighted by Crippen LogP contribution is -2.35. The number of hydrogen-bond acceptors (Lipinski definition) is 3. The lowest BCUT2D eigenvalue weighted by molar-refractivity contribution is -0.0758. The second-order valence-electron chi connectivity index (χ2n) is 3.80. The zero-order valence-corrected chi connectivity index (χ0v) is 9.01. The Balaban J connectivity index is 2.34. The second kappa shape index (κ2) is 4.02. The number of aryl methyl sites for hydroxylation is 1. The number of benzene rings is 1. The maximum atomic E-state index is 10.9. The van der Waals surface area contributed by atoms with E-state index in [0.717, 1.165) is 17.5 Å². The minimum atomic E-state index is -0.833. The molecule has 0 radical (unpaired) electrons. The summed E-state index contributed by atoms with van der Waals surface area (Å²) < 4.78 is 5.11. The number of rotatable bonds is 2. The Labute approximate surface area is 93.4 Å². The number of ether oxygens (including phenoxy) is 1. The molecule has 1 aliphatic rings. The third-order valence-corrected chi connectivity index (χ3v) is 2.92. The molecule has 16 heavy (non-hydrogen) atoms. The Morgan fingerprint density at radius 1 is 1.62 bits per heavy atom. The molecule has 0 aliphatic heterocycles. The second-order valence-corrected chi connectivity index (χ2v) is 3.80. The van der Waals surface area contributed by atoms with Gasteiger partial charge < -0.3 is 10.5 Å². The van der Waals surface area contributed by atoms with Crippen molar-refractivity contribution >= 4 is 6.03 Å². The highest BCUT2D eigenvalue weighted by Crippen LogP contribution is 2.36. The van der Waals surface area contributed by atoms with E-state index < -0.39 is 6.03 Å². The molecule has 2 amide bonds. The number of hydrogen-bond donors (Lipinski definition) is 2. The lowest BCUT2D eigenvalue weighted by atomic mass is 10.1. The topological polar surface area (TPSA) is 75.8 Å². The van der Waals surface area contributed by atoms with Gasteiger partial charge in [0, 0.05) is 0 Å². The molecule has 3 N–H and O–H groups in total. The Hall–Kier alpha value is -1.75. The summed E-state index contributed by atoms with van der Waals surface area (Å²) in [4.78, 5) is 10.9. The zero-order chi connectivity index (χ0) is 11.7. The molecule has 0 bridgehead atoms. The molecule has 0 aromatic heterocycles. The van der Waals surface area contributed by atoms with Gasteiger partial charge in [0.05, 0.1) is 13.2 Å². The van der Waals surface area contributed by atoms with Gasteiger partial charge in [0.25, 0.3) is 0 Å². The van der Waals surface area contributed by atoms with Gasteiger partial charge in [-0.15, -0.1) is 0 Å². The Kier molecular flexibility index (Phi) is 2.70. The van der Waals surface area contributed by atoms with E-state index in [0.29, 0.717) is 17.2 Å². The van der Waals surface area contributed by atoms with Crippen LogP contribution in [-0.4, -0.2) is 23.4 Å². The SMILES string of the molecule is COc1ccc2c(c1)C(N(O)C(N)=O)CC2. The van der Waals surface area contributed by atoms with E-state index in [1.807, 2.05) is 18.2 Å². The predicted molar refractivity (Wildman–Crippen MR) is 57.3 cm³/mol. The molecule has 0 heterocycles. The molecule has 0 saturated carbocycles. The summed E-state index contributed by atoms with van der Waals surface area (Å²) in [6.45, 7) is 0. The minimum absolute atomic E-state index is 0.359. The molecule has 1 unspecified atom stereocenters. The lowest BCUT2D eigenvalue weighted by Gasteiger charge is -2.21. The largest absolute Gasteiger partial charge is 0.497 e. The fourth-order valence-electron chi connectivity index (χ4n) is 2.09. The van der Waals surface area contributed by atoms with Gasteiger partial charge in [-0.1, -0.05) is 6.07 Å². The van der Waals surface area contributed by atoms with Crippen LogP contribution in [0.3, 0.4) is 0 Å². The molecule has 1 aliphatic carbocycles. The van der Waals surface area contributed by atoms with Crippen LogP contribution in [0.25, 0.3) is 0 Å². The van der Waals surface area contributed by atoms with Gasteiger partial charge in [0.1, 0.15) is 5.75 Å². The average Bonchev–Trinajstić information content (AvgIpc) is 2.70. The van der Waals surface area contributed by atoms with Crippen LogP contribution in [0.1, 0.15) is 23.6 Å². The number of fused-ring (bicyclic) bond motifs is 1. The number of hydroxylamine groups is 2. The molecule has 5 nitrogen and oxygen atoms in total. The van der Waals surface area contributed by atoms with Crippen molar-refractivity contribution in [2.45, 2.75) is 18.9 Å². The summed E-state index contributed by atoms with van der Waals surface area (Å²) in [5.74, 6) is 0.712. The molecule has 2 rings (SSSR count). The predicted octanol–water partition coefficient (Wildman–Crippen LogP) is 1.45. The molecule has 0 saturated heterocycles. The number of nitrogens with two attached hydrogens (primary N) is 1. The van der Waals surface area contributed by atoms with Crippen molar-refractivity contribution in [3.63, 3.8) is 0 Å². The van der Waals surface area contributed by atoms with Gasteiger partial charge >= 0.3 is 6.03 Å². The summed E-state index contributed by atoms with van der Waals surface area (Å²) >= 11 is 0. The molecule has 0 fully saturated rings. The number of carbonyl (C=O) groups is 1. The van der Waals surface area contributed by atoms with Crippen molar-refractivity contribution in [1.82, 2.24) is 5.06 Å². The maximum absolute atomic E-state index is 10.9. The van der Waals surface area contributed by atoms with Crippen LogP contribution < -0.4 is 10.5 Å². The first-order chi connectivity index (χ1) is 7.63. The van der Waals surface area contributed by atoms with Gasteiger partial charge in [-0.3, -0.25) is 5.21 Å². The van der Waals surface area contributed by atoms with Gasteiger partial charge in [-0.25, -0.2) is 4.79 Å². The fraction of sp³-hybridized carbons (Fsp3) is 0.364. The van der Waals surface area contributed by atoms with Crippen molar-refractivity contribution < 1.29 is 14.7 Å².